The predicted molar refractivity (Wildman–Crippen MR) is 81.3 cm³/mol. The van der Waals surface area contributed by atoms with Gasteiger partial charge in [-0.25, -0.2) is 8.42 Å². The van der Waals surface area contributed by atoms with Gasteiger partial charge in [-0.3, -0.25) is 0 Å². The fraction of sp³-hybridized carbons (Fsp3) is 0.714. The maximum Gasteiger partial charge on any atom is 0.252 e. The molecule has 3 rings (SSSR count). The van der Waals surface area contributed by atoms with E-state index in [0.29, 0.717) is 16.7 Å². The molecule has 1 N–H and O–H groups in total. The van der Waals surface area contributed by atoms with Gasteiger partial charge >= 0.3 is 0 Å². The van der Waals surface area contributed by atoms with Crippen molar-refractivity contribution < 1.29 is 8.42 Å². The van der Waals surface area contributed by atoms with Crippen LogP contribution in [-0.2, 0) is 16.6 Å². The molecule has 2 heterocycles. The zero-order valence-corrected chi connectivity index (χ0v) is 13.5. The SMILES string of the molecule is CNCc1ccc(S(=O)(=O)N2CCCC3CCCC32)s1. The number of fused-ring (bicyclic) bond motifs is 1. The predicted octanol–water partition coefficient (Wildman–Crippen LogP) is 2.42. The summed E-state index contributed by atoms with van der Waals surface area (Å²) in [5.74, 6) is 0.593. The van der Waals surface area contributed by atoms with Crippen LogP contribution in [0.25, 0.3) is 0 Å². The Bertz CT molecular complexity index is 567. The molecule has 4 nitrogen and oxygen atoms in total. The lowest BCUT2D eigenvalue weighted by Gasteiger charge is -2.36. The Labute approximate surface area is 125 Å². The van der Waals surface area contributed by atoms with Gasteiger partial charge in [0.2, 0.25) is 0 Å². The average molecular weight is 314 g/mol. The molecule has 0 radical (unpaired) electrons. The third-order valence-electron chi connectivity index (χ3n) is 4.49. The van der Waals surface area contributed by atoms with Crippen LogP contribution in [0, 0.1) is 5.92 Å². The summed E-state index contributed by atoms with van der Waals surface area (Å²) >= 11 is 1.40. The highest BCUT2D eigenvalue weighted by atomic mass is 32.2. The van der Waals surface area contributed by atoms with E-state index in [1.807, 2.05) is 13.1 Å². The normalized spacial score (nSPS) is 27.6. The smallest absolute Gasteiger partial charge is 0.252 e. The molecule has 0 amide bonds. The van der Waals surface area contributed by atoms with Gasteiger partial charge in [0.25, 0.3) is 10.0 Å². The molecule has 2 aliphatic rings. The first-order valence-corrected chi connectivity index (χ1v) is 9.64. The highest BCUT2D eigenvalue weighted by molar-refractivity contribution is 7.91. The monoisotopic (exact) mass is 314 g/mol. The Balaban J connectivity index is 1.86. The summed E-state index contributed by atoms with van der Waals surface area (Å²) in [4.78, 5) is 1.08. The van der Waals surface area contributed by atoms with Crippen LogP contribution in [0.15, 0.2) is 16.3 Å². The van der Waals surface area contributed by atoms with Crippen molar-refractivity contribution in [3.8, 4) is 0 Å². The topological polar surface area (TPSA) is 49.4 Å². The summed E-state index contributed by atoms with van der Waals surface area (Å²) in [5, 5.41) is 3.07. The molecule has 0 aromatic carbocycles. The molecule has 1 saturated carbocycles. The lowest BCUT2D eigenvalue weighted by atomic mass is 9.94. The van der Waals surface area contributed by atoms with Gasteiger partial charge in [-0.1, -0.05) is 6.42 Å². The molecule has 1 aliphatic carbocycles. The first-order chi connectivity index (χ1) is 9.63. The third kappa shape index (κ3) is 2.54. The van der Waals surface area contributed by atoms with Gasteiger partial charge < -0.3 is 5.32 Å². The summed E-state index contributed by atoms with van der Waals surface area (Å²) in [6, 6.07) is 3.94. The quantitative estimate of drug-likeness (QED) is 0.928. The lowest BCUT2D eigenvalue weighted by molar-refractivity contribution is 0.202. The maximum absolute atomic E-state index is 12.9. The number of rotatable bonds is 4. The van der Waals surface area contributed by atoms with Crippen LogP contribution in [0.2, 0.25) is 0 Å². The molecule has 1 aromatic heterocycles. The molecule has 2 atom stereocenters. The number of sulfonamides is 1. The van der Waals surface area contributed by atoms with Crippen molar-refractivity contribution >= 4 is 21.4 Å². The minimum atomic E-state index is -3.29. The van der Waals surface area contributed by atoms with Gasteiger partial charge in [-0.05, 0) is 50.8 Å². The number of nitrogens with zero attached hydrogens (tertiary/aromatic N) is 1. The van der Waals surface area contributed by atoms with Crippen LogP contribution >= 0.6 is 11.3 Å². The Morgan fingerprint density at radius 1 is 1.30 bits per heavy atom. The van der Waals surface area contributed by atoms with E-state index in [9.17, 15) is 8.42 Å². The largest absolute Gasteiger partial charge is 0.315 e. The Morgan fingerprint density at radius 2 is 2.10 bits per heavy atom. The first-order valence-electron chi connectivity index (χ1n) is 7.38. The van der Waals surface area contributed by atoms with E-state index in [0.717, 1.165) is 24.3 Å². The fourth-order valence-electron chi connectivity index (χ4n) is 3.59. The van der Waals surface area contributed by atoms with E-state index in [1.54, 1.807) is 10.4 Å². The van der Waals surface area contributed by atoms with Crippen LogP contribution in [0.1, 0.15) is 37.0 Å². The summed E-state index contributed by atoms with van der Waals surface area (Å²) in [5.41, 5.74) is 0. The number of thiophene rings is 1. The van der Waals surface area contributed by atoms with E-state index in [1.165, 1.54) is 30.6 Å². The van der Waals surface area contributed by atoms with Crippen molar-refractivity contribution in [2.75, 3.05) is 13.6 Å². The molecule has 0 spiro atoms. The van der Waals surface area contributed by atoms with Gasteiger partial charge in [-0.15, -0.1) is 11.3 Å². The molecular weight excluding hydrogens is 292 g/mol. The molecule has 20 heavy (non-hydrogen) atoms. The second-order valence-electron chi connectivity index (χ2n) is 5.77. The molecule has 6 heteroatoms. The van der Waals surface area contributed by atoms with Crippen molar-refractivity contribution in [2.45, 2.75) is 48.9 Å². The molecule has 0 bridgehead atoms. The molecule has 2 fully saturated rings. The second-order valence-corrected chi connectivity index (χ2v) is 9.05. The van der Waals surface area contributed by atoms with E-state index in [-0.39, 0.29) is 6.04 Å². The zero-order valence-electron chi connectivity index (χ0n) is 11.8. The zero-order chi connectivity index (χ0) is 14.2. The Kier molecular flexibility index (Phi) is 4.17. The van der Waals surface area contributed by atoms with Crippen molar-refractivity contribution in [1.29, 1.82) is 0 Å². The van der Waals surface area contributed by atoms with Crippen LogP contribution in [0.4, 0.5) is 0 Å². The number of hydrogen-bond acceptors (Lipinski definition) is 4. The van der Waals surface area contributed by atoms with Crippen molar-refractivity contribution in [3.63, 3.8) is 0 Å². The Hall–Kier alpha value is -0.430. The van der Waals surface area contributed by atoms with E-state index in [2.05, 4.69) is 5.32 Å². The molecular formula is C14H22N2O2S2. The lowest BCUT2D eigenvalue weighted by Crippen LogP contribution is -2.45. The number of piperidine rings is 1. The average Bonchev–Trinajstić information content (AvgIpc) is 3.06. The standard InChI is InChI=1S/C14H22N2O2S2/c1-15-10-12-7-8-14(19-12)20(17,18)16-9-3-5-11-4-2-6-13(11)16/h7-8,11,13,15H,2-6,9-10H2,1H3. The van der Waals surface area contributed by atoms with Gasteiger partial charge in [0.05, 0.1) is 0 Å². The van der Waals surface area contributed by atoms with Crippen LogP contribution in [-0.4, -0.2) is 32.4 Å². The Morgan fingerprint density at radius 3 is 2.90 bits per heavy atom. The summed E-state index contributed by atoms with van der Waals surface area (Å²) < 4.78 is 28.0. The van der Waals surface area contributed by atoms with Crippen molar-refractivity contribution in [3.05, 3.63) is 17.0 Å². The molecule has 112 valence electrons. The fourth-order valence-corrected chi connectivity index (χ4v) is 6.84. The highest BCUT2D eigenvalue weighted by Gasteiger charge is 2.41. The van der Waals surface area contributed by atoms with Crippen LogP contribution in [0.3, 0.4) is 0 Å². The summed E-state index contributed by atoms with van der Waals surface area (Å²) in [7, 11) is -1.41. The first kappa shape index (κ1) is 14.5. The minimum absolute atomic E-state index is 0.253. The van der Waals surface area contributed by atoms with Crippen LogP contribution < -0.4 is 5.32 Å². The number of hydrogen-bond donors (Lipinski definition) is 1. The number of nitrogens with one attached hydrogen (secondary N) is 1. The van der Waals surface area contributed by atoms with E-state index in [4.69, 9.17) is 0 Å². The van der Waals surface area contributed by atoms with E-state index < -0.39 is 10.0 Å². The molecule has 1 saturated heterocycles. The highest BCUT2D eigenvalue weighted by Crippen LogP contribution is 2.40. The molecule has 1 aliphatic heterocycles. The van der Waals surface area contributed by atoms with Gasteiger partial charge in [0.15, 0.2) is 0 Å². The van der Waals surface area contributed by atoms with Gasteiger partial charge in [0.1, 0.15) is 4.21 Å². The summed E-state index contributed by atoms with van der Waals surface area (Å²) in [6.07, 6.45) is 5.63. The molecule has 2 unspecified atom stereocenters. The van der Waals surface area contributed by atoms with E-state index >= 15 is 0 Å². The molecule has 1 aromatic rings. The van der Waals surface area contributed by atoms with Gasteiger partial charge in [0, 0.05) is 24.0 Å². The maximum atomic E-state index is 12.9. The van der Waals surface area contributed by atoms with Gasteiger partial charge in [-0.2, -0.15) is 4.31 Å². The van der Waals surface area contributed by atoms with Crippen molar-refractivity contribution in [1.82, 2.24) is 9.62 Å². The third-order valence-corrected chi connectivity index (χ3v) is 7.97. The second kappa shape index (κ2) is 5.75. The minimum Gasteiger partial charge on any atom is -0.315 e. The summed E-state index contributed by atoms with van der Waals surface area (Å²) in [6.45, 7) is 1.43. The van der Waals surface area contributed by atoms with Crippen molar-refractivity contribution in [2.24, 2.45) is 5.92 Å². The van der Waals surface area contributed by atoms with Crippen LogP contribution in [0.5, 0.6) is 0 Å².